The number of carbonyl (C=O) groups excluding carboxylic acids is 1. The fraction of sp³-hybridized carbons (Fsp3) is 0.120. The molecule has 4 rings (SSSR count). The summed E-state index contributed by atoms with van der Waals surface area (Å²) < 4.78 is 11.9. The summed E-state index contributed by atoms with van der Waals surface area (Å²) in [7, 11) is 1.59. The highest BCUT2D eigenvalue weighted by atomic mass is 35.5. The molecule has 1 aliphatic heterocycles. The van der Waals surface area contributed by atoms with E-state index < -0.39 is 0 Å². The zero-order valence-electron chi connectivity index (χ0n) is 17.3. The number of carbonyl (C=O) groups is 1. The third-order valence-corrected chi connectivity index (χ3v) is 6.63. The Morgan fingerprint density at radius 3 is 2.53 bits per heavy atom. The van der Waals surface area contributed by atoms with E-state index >= 15 is 0 Å². The molecule has 0 radical (unpaired) electrons. The Morgan fingerprint density at radius 2 is 1.78 bits per heavy atom. The van der Waals surface area contributed by atoms with Crippen molar-refractivity contribution >= 4 is 51.9 Å². The van der Waals surface area contributed by atoms with Crippen LogP contribution < -0.4 is 9.47 Å². The molecule has 1 amide bonds. The lowest BCUT2D eigenvalue weighted by Crippen LogP contribution is -2.27. The van der Waals surface area contributed by atoms with Crippen LogP contribution in [0.2, 0.25) is 5.02 Å². The van der Waals surface area contributed by atoms with E-state index in [4.69, 9.17) is 33.3 Å². The van der Waals surface area contributed by atoms with E-state index in [-0.39, 0.29) is 5.91 Å². The first-order valence-electron chi connectivity index (χ1n) is 9.88. The summed E-state index contributed by atoms with van der Waals surface area (Å²) in [6.07, 6.45) is 1.81. The van der Waals surface area contributed by atoms with E-state index in [2.05, 4.69) is 0 Å². The van der Waals surface area contributed by atoms with Crippen LogP contribution in [0.1, 0.15) is 16.7 Å². The van der Waals surface area contributed by atoms with Gasteiger partial charge in [0.1, 0.15) is 10.9 Å². The molecule has 1 aliphatic rings. The number of rotatable bonds is 7. The molecule has 7 heteroatoms. The normalized spacial score (nSPS) is 14.8. The Balaban J connectivity index is 1.50. The minimum absolute atomic E-state index is 0.136. The van der Waals surface area contributed by atoms with Crippen LogP contribution in [0.15, 0.2) is 77.7 Å². The molecule has 3 aromatic rings. The fourth-order valence-electron chi connectivity index (χ4n) is 3.21. The molecule has 0 saturated carbocycles. The average Bonchev–Trinajstić information content (AvgIpc) is 3.07. The smallest absolute Gasteiger partial charge is 0.266 e. The maximum atomic E-state index is 13.0. The highest BCUT2D eigenvalue weighted by Gasteiger charge is 2.32. The Morgan fingerprint density at radius 1 is 1.03 bits per heavy atom. The SMILES string of the molecule is COc1cc(C=C2SC(=S)N(Cc3ccccc3Cl)C2=O)ccc1OCc1ccccc1. The van der Waals surface area contributed by atoms with Crippen LogP contribution in [0.4, 0.5) is 0 Å². The molecule has 0 atom stereocenters. The van der Waals surface area contributed by atoms with Gasteiger partial charge in [0.25, 0.3) is 5.91 Å². The number of benzene rings is 3. The third kappa shape index (κ3) is 5.15. The van der Waals surface area contributed by atoms with Gasteiger partial charge in [0.05, 0.1) is 18.6 Å². The molecular weight excluding hydrogens is 462 g/mol. The van der Waals surface area contributed by atoms with E-state index in [9.17, 15) is 4.79 Å². The highest BCUT2D eigenvalue weighted by molar-refractivity contribution is 8.26. The molecule has 1 heterocycles. The summed E-state index contributed by atoms with van der Waals surface area (Å²) >= 11 is 13.0. The first-order valence-corrected chi connectivity index (χ1v) is 11.5. The molecule has 162 valence electrons. The van der Waals surface area contributed by atoms with E-state index in [0.29, 0.717) is 38.9 Å². The van der Waals surface area contributed by atoms with Crippen LogP contribution >= 0.6 is 35.6 Å². The van der Waals surface area contributed by atoms with Gasteiger partial charge in [0.15, 0.2) is 11.5 Å². The maximum Gasteiger partial charge on any atom is 0.266 e. The highest BCUT2D eigenvalue weighted by Crippen LogP contribution is 2.36. The first-order chi connectivity index (χ1) is 15.5. The van der Waals surface area contributed by atoms with Crippen molar-refractivity contribution in [1.29, 1.82) is 0 Å². The number of thiocarbonyl (C=S) groups is 1. The predicted molar refractivity (Wildman–Crippen MR) is 134 cm³/mol. The predicted octanol–water partition coefficient (Wildman–Crippen LogP) is 6.33. The summed E-state index contributed by atoms with van der Waals surface area (Å²) in [5.41, 5.74) is 2.75. The number of amides is 1. The second kappa shape index (κ2) is 10.2. The number of nitrogens with zero attached hydrogens (tertiary/aromatic N) is 1. The van der Waals surface area contributed by atoms with Crippen LogP contribution in [0, 0.1) is 0 Å². The number of hydrogen-bond acceptors (Lipinski definition) is 5. The molecule has 1 fully saturated rings. The van der Waals surface area contributed by atoms with E-state index in [1.807, 2.05) is 72.8 Å². The van der Waals surface area contributed by atoms with Crippen LogP contribution in [-0.2, 0) is 17.9 Å². The average molecular weight is 482 g/mol. The largest absolute Gasteiger partial charge is 0.493 e. The molecule has 0 aliphatic carbocycles. The summed E-state index contributed by atoms with van der Waals surface area (Å²) in [5.74, 6) is 1.10. The molecule has 1 saturated heterocycles. The summed E-state index contributed by atoms with van der Waals surface area (Å²) in [6.45, 7) is 0.786. The standard InChI is InChI=1S/C25H20ClNO3S2/c1-29-22-13-18(11-12-21(22)30-16-17-7-3-2-4-8-17)14-23-24(28)27(25(31)32-23)15-19-9-5-6-10-20(19)26/h2-14H,15-16H2,1H3. The second-order valence-corrected chi connectivity index (χ2v) is 9.13. The fourth-order valence-corrected chi connectivity index (χ4v) is 4.66. The van der Waals surface area contributed by atoms with Gasteiger partial charge in [-0.25, -0.2) is 0 Å². The van der Waals surface area contributed by atoms with Crippen LogP contribution in [0.25, 0.3) is 6.08 Å². The Hall–Kier alpha value is -2.80. The van der Waals surface area contributed by atoms with Crippen molar-refractivity contribution in [3.8, 4) is 11.5 Å². The van der Waals surface area contributed by atoms with E-state index in [1.54, 1.807) is 18.1 Å². The Bertz CT molecular complexity index is 1180. The summed E-state index contributed by atoms with van der Waals surface area (Å²) in [6, 6.07) is 23.0. The minimum atomic E-state index is -0.136. The van der Waals surface area contributed by atoms with Crippen molar-refractivity contribution in [2.24, 2.45) is 0 Å². The van der Waals surface area contributed by atoms with Gasteiger partial charge in [0.2, 0.25) is 0 Å². The molecule has 0 bridgehead atoms. The Kier molecular flexibility index (Phi) is 7.15. The third-order valence-electron chi connectivity index (χ3n) is 4.88. The monoisotopic (exact) mass is 481 g/mol. The number of halogens is 1. The summed E-state index contributed by atoms with van der Waals surface area (Å²) in [5, 5.41) is 0.612. The Labute approximate surface area is 201 Å². The first kappa shape index (κ1) is 22.4. The molecular formula is C25H20ClNO3S2. The zero-order valence-corrected chi connectivity index (χ0v) is 19.7. The lowest BCUT2D eigenvalue weighted by atomic mass is 10.1. The van der Waals surface area contributed by atoms with Gasteiger partial charge in [-0.15, -0.1) is 0 Å². The van der Waals surface area contributed by atoms with Gasteiger partial charge >= 0.3 is 0 Å². The lowest BCUT2D eigenvalue weighted by molar-refractivity contribution is -0.122. The maximum absolute atomic E-state index is 13.0. The molecule has 0 N–H and O–H groups in total. The van der Waals surface area contributed by atoms with E-state index in [1.165, 1.54) is 11.8 Å². The zero-order chi connectivity index (χ0) is 22.5. The number of ether oxygens (including phenoxy) is 2. The van der Waals surface area contributed by atoms with Crippen molar-refractivity contribution in [1.82, 2.24) is 4.90 Å². The van der Waals surface area contributed by atoms with Crippen molar-refractivity contribution in [2.75, 3.05) is 7.11 Å². The molecule has 0 unspecified atom stereocenters. The van der Waals surface area contributed by atoms with Gasteiger partial charge in [-0.05, 0) is 41.0 Å². The van der Waals surface area contributed by atoms with Crippen molar-refractivity contribution in [3.63, 3.8) is 0 Å². The van der Waals surface area contributed by atoms with Crippen LogP contribution in [0.5, 0.6) is 11.5 Å². The molecule has 0 spiro atoms. The molecule has 3 aromatic carbocycles. The number of methoxy groups -OCH3 is 1. The van der Waals surface area contributed by atoms with Crippen molar-refractivity contribution < 1.29 is 14.3 Å². The second-order valence-electron chi connectivity index (χ2n) is 7.04. The topological polar surface area (TPSA) is 38.8 Å². The van der Waals surface area contributed by atoms with Gasteiger partial charge in [0, 0.05) is 5.02 Å². The van der Waals surface area contributed by atoms with Crippen molar-refractivity contribution in [3.05, 3.63) is 99.4 Å². The van der Waals surface area contributed by atoms with Crippen LogP contribution in [-0.4, -0.2) is 22.2 Å². The minimum Gasteiger partial charge on any atom is -0.493 e. The van der Waals surface area contributed by atoms with Gasteiger partial charge in [-0.1, -0.05) is 90.2 Å². The molecule has 4 nitrogen and oxygen atoms in total. The van der Waals surface area contributed by atoms with Gasteiger partial charge in [-0.2, -0.15) is 0 Å². The lowest BCUT2D eigenvalue weighted by Gasteiger charge is -2.15. The van der Waals surface area contributed by atoms with Crippen molar-refractivity contribution in [2.45, 2.75) is 13.2 Å². The van der Waals surface area contributed by atoms with Gasteiger partial charge in [-0.3, -0.25) is 9.69 Å². The molecule has 32 heavy (non-hydrogen) atoms. The number of hydrogen-bond donors (Lipinski definition) is 0. The van der Waals surface area contributed by atoms with E-state index in [0.717, 1.165) is 16.7 Å². The van der Waals surface area contributed by atoms with Crippen LogP contribution in [0.3, 0.4) is 0 Å². The molecule has 0 aromatic heterocycles. The number of thioether (sulfide) groups is 1. The summed E-state index contributed by atoms with van der Waals surface area (Å²) in [4.78, 5) is 15.1. The van der Waals surface area contributed by atoms with Gasteiger partial charge < -0.3 is 9.47 Å². The quantitative estimate of drug-likeness (QED) is 0.291.